The maximum absolute atomic E-state index is 4.69. The molecule has 10 aromatic rings. The molecule has 0 atom stereocenters. The molecule has 5 heterocycles. The molecule has 0 saturated carbocycles. The first-order chi connectivity index (χ1) is 30.2. The van der Waals surface area contributed by atoms with Gasteiger partial charge in [0.15, 0.2) is 0 Å². The van der Waals surface area contributed by atoms with Crippen LogP contribution in [-0.2, 0) is 46.6 Å². The summed E-state index contributed by atoms with van der Waals surface area (Å²) in [7, 11) is -1.34. The first-order valence-corrected chi connectivity index (χ1v) is 26.1. The van der Waals surface area contributed by atoms with E-state index >= 15 is 0 Å². The molecule has 0 spiro atoms. The fourth-order valence-corrected chi connectivity index (χ4v) is 10.9. The van der Waals surface area contributed by atoms with Gasteiger partial charge in [-0.05, 0) is 68.6 Å². The predicted octanol–water partition coefficient (Wildman–Crippen LogP) is 15.1. The first-order valence-electron chi connectivity index (χ1n) is 21.0. The summed E-state index contributed by atoms with van der Waals surface area (Å²) >= 11 is 3.56. The van der Waals surface area contributed by atoms with Crippen molar-refractivity contribution in [3.05, 3.63) is 206 Å². The molecule has 2 radical (unpaired) electrons. The van der Waals surface area contributed by atoms with Gasteiger partial charge in [0.25, 0.3) is 0 Å². The topological polar surface area (TPSA) is 38.7 Å². The molecule has 5 aromatic heterocycles. The minimum Gasteiger partial charge on any atom is -0.305 e. The van der Waals surface area contributed by atoms with Crippen molar-refractivity contribution in [2.24, 2.45) is 5.92 Å². The molecule has 5 aromatic carbocycles. The summed E-state index contributed by atoms with van der Waals surface area (Å²) in [5.74, 6) is 0.667. The smallest absolute Gasteiger partial charge is 0.0798 e. The van der Waals surface area contributed by atoms with Gasteiger partial charge in [-0.1, -0.05) is 118 Å². The van der Waals surface area contributed by atoms with Gasteiger partial charge in [0.2, 0.25) is 0 Å². The standard InChI is InChI=1S/2C19H12NS.C18H24NSi.2Ir/c2*1-3-7-14(8-4-1)17-11-16-12-18(21-19(16)13-20-17)15-9-5-2-6-10-15;1-14(2)11-16-12-17(15-9-7-6-8-10-15)19-13-18(16)20(3,4)5;;/h2*1-7,9-13H;6-9,12-14H,11H2,1-5H3;;/q3*-1;;. The van der Waals surface area contributed by atoms with Gasteiger partial charge in [-0.25, -0.2) is 0 Å². The molecule has 0 aliphatic carbocycles. The van der Waals surface area contributed by atoms with Crippen LogP contribution in [0.25, 0.3) is 74.8 Å². The molecule has 64 heavy (non-hydrogen) atoms. The van der Waals surface area contributed by atoms with E-state index in [9.17, 15) is 0 Å². The van der Waals surface area contributed by atoms with Crippen LogP contribution >= 0.6 is 22.7 Å². The Morgan fingerprint density at radius 3 is 1.25 bits per heavy atom. The summed E-state index contributed by atoms with van der Waals surface area (Å²) < 4.78 is 2.43. The van der Waals surface area contributed by atoms with Crippen molar-refractivity contribution in [3.63, 3.8) is 0 Å². The van der Waals surface area contributed by atoms with Gasteiger partial charge in [-0.15, -0.1) is 130 Å². The molecule has 0 N–H and O–H groups in total. The molecule has 0 unspecified atom stereocenters. The van der Waals surface area contributed by atoms with Crippen LogP contribution in [0.3, 0.4) is 0 Å². The third-order valence-corrected chi connectivity index (χ3v) is 14.6. The maximum atomic E-state index is 4.69. The molecule has 324 valence electrons. The largest absolute Gasteiger partial charge is 0.305 e. The fraction of sp³-hybridized carbons (Fsp3) is 0.125. The van der Waals surface area contributed by atoms with E-state index in [1.807, 2.05) is 91.3 Å². The van der Waals surface area contributed by atoms with Crippen molar-refractivity contribution in [3.8, 4) is 54.7 Å². The molecule has 8 heteroatoms. The molecular weight excluding hydrogens is 1190 g/mol. The van der Waals surface area contributed by atoms with Crippen molar-refractivity contribution in [1.82, 2.24) is 15.0 Å². The van der Waals surface area contributed by atoms with Crippen molar-refractivity contribution < 1.29 is 40.2 Å². The average molecular weight is 1240 g/mol. The van der Waals surface area contributed by atoms with Crippen molar-refractivity contribution >= 4 is 56.1 Å². The number of hydrogen-bond acceptors (Lipinski definition) is 5. The Kier molecular flexibility index (Phi) is 17.2. The number of pyridine rings is 3. The SMILES string of the molecule is CC(C)Cc1cc(-c2[c-]cccc2)ncc1[Si](C)(C)C.[Ir].[Ir].[c-]1ccccc1-c1cc2cc(-c3ccccc3)sc2cn1.[c-]1ccccc1-c1cc2cc(-c3ccccc3)sc2cn1. The number of thiophene rings is 2. The second-order valence-electron chi connectivity index (χ2n) is 16.6. The predicted molar refractivity (Wildman–Crippen MR) is 269 cm³/mol. The summed E-state index contributed by atoms with van der Waals surface area (Å²) in [6.07, 6.45) is 7.16. The molecule has 0 saturated heterocycles. The molecule has 3 nitrogen and oxygen atoms in total. The van der Waals surface area contributed by atoms with Gasteiger partial charge in [0, 0.05) is 68.6 Å². The zero-order valence-corrected chi connectivity index (χ0v) is 43.9. The van der Waals surface area contributed by atoms with E-state index in [4.69, 9.17) is 0 Å². The van der Waals surface area contributed by atoms with Crippen molar-refractivity contribution in [1.29, 1.82) is 0 Å². The van der Waals surface area contributed by atoms with Gasteiger partial charge < -0.3 is 15.0 Å². The van der Waals surface area contributed by atoms with E-state index in [0.717, 1.165) is 40.2 Å². The zero-order chi connectivity index (χ0) is 42.9. The molecule has 0 fully saturated rings. The monoisotopic (exact) mass is 1240 g/mol. The Bertz CT molecular complexity index is 2760. The van der Waals surface area contributed by atoms with E-state index in [-0.39, 0.29) is 40.2 Å². The van der Waals surface area contributed by atoms with E-state index in [2.05, 4.69) is 158 Å². The fourth-order valence-electron chi connectivity index (χ4n) is 7.26. The molecule has 0 aliphatic rings. The van der Waals surface area contributed by atoms with Gasteiger partial charge in [0.1, 0.15) is 0 Å². The Labute approximate surface area is 414 Å². The summed E-state index contributed by atoms with van der Waals surface area (Å²) in [4.78, 5) is 16.4. The number of fused-ring (bicyclic) bond motifs is 2. The summed E-state index contributed by atoms with van der Waals surface area (Å²) in [6.45, 7) is 11.7. The number of nitrogens with zero attached hydrogens (tertiary/aromatic N) is 3. The van der Waals surface area contributed by atoms with Gasteiger partial charge in [0.05, 0.1) is 17.5 Å². The van der Waals surface area contributed by atoms with Gasteiger partial charge in [-0.2, -0.15) is 0 Å². The van der Waals surface area contributed by atoms with E-state index in [1.54, 1.807) is 22.7 Å². The van der Waals surface area contributed by atoms with Crippen molar-refractivity contribution in [2.45, 2.75) is 39.9 Å². The van der Waals surface area contributed by atoms with E-state index in [0.29, 0.717) is 5.92 Å². The Hall–Kier alpha value is -5.01. The van der Waals surface area contributed by atoms with Crippen LogP contribution in [0.4, 0.5) is 0 Å². The third kappa shape index (κ3) is 12.4. The van der Waals surface area contributed by atoms with Crippen LogP contribution in [0.15, 0.2) is 182 Å². The number of aromatic nitrogens is 3. The zero-order valence-electron chi connectivity index (χ0n) is 36.4. The summed E-state index contributed by atoms with van der Waals surface area (Å²) in [5, 5.41) is 3.97. The van der Waals surface area contributed by atoms with Gasteiger partial charge in [-0.3, -0.25) is 0 Å². The molecule has 10 rings (SSSR count). The first kappa shape index (κ1) is 48.4. The molecule has 0 bridgehead atoms. The van der Waals surface area contributed by atoms with Crippen LogP contribution < -0.4 is 5.19 Å². The average Bonchev–Trinajstić information content (AvgIpc) is 3.95. The number of benzene rings is 5. The summed E-state index contributed by atoms with van der Waals surface area (Å²) in [5.41, 5.74) is 10.1. The molecule has 0 aliphatic heterocycles. The maximum Gasteiger partial charge on any atom is 0.0798 e. The molecular formula is C56H48Ir2N3S2Si-3. The Morgan fingerprint density at radius 2 is 0.875 bits per heavy atom. The van der Waals surface area contributed by atoms with Crippen molar-refractivity contribution in [2.75, 3.05) is 0 Å². The summed E-state index contributed by atoms with van der Waals surface area (Å²) in [6, 6.07) is 65.7. The van der Waals surface area contributed by atoms with E-state index in [1.165, 1.54) is 51.8 Å². The van der Waals surface area contributed by atoms with Crippen LogP contribution in [0.2, 0.25) is 19.6 Å². The Morgan fingerprint density at radius 1 is 0.484 bits per heavy atom. The van der Waals surface area contributed by atoms with Crippen LogP contribution in [0.1, 0.15) is 19.4 Å². The van der Waals surface area contributed by atoms with E-state index < -0.39 is 8.07 Å². The van der Waals surface area contributed by atoms with Crippen LogP contribution in [0, 0.1) is 24.1 Å². The third-order valence-electron chi connectivity index (χ3n) is 10.3. The minimum absolute atomic E-state index is 0. The number of hydrogen-bond donors (Lipinski definition) is 0. The second kappa shape index (κ2) is 22.7. The normalized spacial score (nSPS) is 10.8. The van der Waals surface area contributed by atoms with Crippen LogP contribution in [-0.4, -0.2) is 23.0 Å². The van der Waals surface area contributed by atoms with Gasteiger partial charge >= 0.3 is 0 Å². The quantitative estimate of drug-likeness (QED) is 0.112. The Balaban J connectivity index is 0.000000157. The minimum atomic E-state index is -1.34. The second-order valence-corrected chi connectivity index (χ2v) is 23.8. The molecule has 0 amide bonds. The number of rotatable bonds is 8. The van der Waals surface area contributed by atoms with Crippen LogP contribution in [0.5, 0.6) is 0 Å².